The van der Waals surface area contributed by atoms with Gasteiger partial charge in [-0.2, -0.15) is 5.26 Å². The molecule has 0 aliphatic heterocycles. The number of nitrogen functional groups attached to an aromatic ring is 1. The molecule has 0 unspecified atom stereocenters. The van der Waals surface area contributed by atoms with Crippen molar-refractivity contribution < 1.29 is 0 Å². The van der Waals surface area contributed by atoms with Crippen molar-refractivity contribution in [3.05, 3.63) is 51.3 Å². The largest absolute Gasteiger partial charge is 0.368 e. The molecule has 0 spiro atoms. The number of anilines is 1. The Bertz CT molecular complexity index is 651. The summed E-state index contributed by atoms with van der Waals surface area (Å²) in [4.78, 5) is 8.10. The third-order valence-corrected chi connectivity index (χ3v) is 3.33. The first-order valence-corrected chi connectivity index (χ1v) is 6.17. The van der Waals surface area contributed by atoms with Gasteiger partial charge in [0.1, 0.15) is 5.15 Å². The predicted octanol–water partition coefficient (Wildman–Crippen LogP) is 2.79. The topological polar surface area (TPSA) is 75.6 Å². The van der Waals surface area contributed by atoms with Crippen LogP contribution in [0.3, 0.4) is 0 Å². The normalized spacial score (nSPS) is 10.2. The summed E-state index contributed by atoms with van der Waals surface area (Å²) in [7, 11) is 0. The summed E-state index contributed by atoms with van der Waals surface area (Å²) in [5.41, 5.74) is 9.98. The number of nitrogens with zero attached hydrogens (tertiary/aromatic N) is 3. The number of hydrogen-bond acceptors (Lipinski definition) is 4. The monoisotopic (exact) mass is 272 g/mol. The summed E-state index contributed by atoms with van der Waals surface area (Å²) in [6, 6.07) is 7.71. The van der Waals surface area contributed by atoms with Crippen molar-refractivity contribution in [1.29, 1.82) is 5.26 Å². The van der Waals surface area contributed by atoms with E-state index >= 15 is 0 Å². The number of rotatable bonds is 2. The van der Waals surface area contributed by atoms with E-state index in [0.717, 1.165) is 22.4 Å². The molecule has 1 aromatic heterocycles. The Labute approximate surface area is 116 Å². The number of nitrogens with two attached hydrogens (primary N) is 1. The molecule has 1 aromatic carbocycles. The van der Waals surface area contributed by atoms with Crippen LogP contribution in [-0.4, -0.2) is 9.97 Å². The molecule has 0 saturated heterocycles. The van der Waals surface area contributed by atoms with Crippen LogP contribution in [0, 0.1) is 25.2 Å². The third kappa shape index (κ3) is 2.83. The van der Waals surface area contributed by atoms with Crippen LogP contribution in [-0.2, 0) is 6.42 Å². The molecular formula is C14H13ClN4. The highest BCUT2D eigenvalue weighted by Crippen LogP contribution is 2.23. The van der Waals surface area contributed by atoms with E-state index < -0.39 is 0 Å². The average Bonchev–Trinajstić information content (AvgIpc) is 2.35. The zero-order valence-electron chi connectivity index (χ0n) is 10.7. The Balaban J connectivity index is 2.40. The van der Waals surface area contributed by atoms with Crippen LogP contribution in [0.5, 0.6) is 0 Å². The molecule has 1 heterocycles. The number of aryl methyl sites for hydroxylation is 2. The van der Waals surface area contributed by atoms with E-state index in [1.807, 2.05) is 26.0 Å². The molecule has 0 aliphatic rings. The second-order valence-electron chi connectivity index (χ2n) is 4.37. The van der Waals surface area contributed by atoms with Crippen molar-refractivity contribution in [2.45, 2.75) is 20.3 Å². The van der Waals surface area contributed by atoms with Crippen LogP contribution in [0.25, 0.3) is 0 Å². The Hall–Kier alpha value is -2.12. The summed E-state index contributed by atoms with van der Waals surface area (Å²) in [5, 5.41) is 9.24. The molecule has 2 rings (SSSR count). The quantitative estimate of drug-likeness (QED) is 0.853. The van der Waals surface area contributed by atoms with Gasteiger partial charge in [0.05, 0.1) is 11.6 Å². The standard InChI is InChI=1S/C14H13ClN4/c1-8-5-10(7-16)3-4-11(8)6-12-9(2)18-14(17)19-13(12)15/h3-5H,6H2,1-2H3,(H2,17,18,19). The Morgan fingerprint density at radius 2 is 2.05 bits per heavy atom. The number of aromatic nitrogens is 2. The van der Waals surface area contributed by atoms with Gasteiger partial charge >= 0.3 is 0 Å². The maximum atomic E-state index is 8.86. The van der Waals surface area contributed by atoms with Crippen LogP contribution < -0.4 is 5.73 Å². The summed E-state index contributed by atoms with van der Waals surface area (Å²) in [6.07, 6.45) is 0.627. The van der Waals surface area contributed by atoms with Crippen LogP contribution in [0.15, 0.2) is 18.2 Å². The molecule has 5 heteroatoms. The second-order valence-corrected chi connectivity index (χ2v) is 4.72. The van der Waals surface area contributed by atoms with Crippen molar-refractivity contribution >= 4 is 17.5 Å². The third-order valence-electron chi connectivity index (χ3n) is 3.02. The molecule has 0 aliphatic carbocycles. The minimum Gasteiger partial charge on any atom is -0.368 e. The molecule has 0 radical (unpaired) electrons. The van der Waals surface area contributed by atoms with E-state index in [1.54, 1.807) is 6.07 Å². The lowest BCUT2D eigenvalue weighted by molar-refractivity contribution is 1.02. The number of hydrogen-bond donors (Lipinski definition) is 1. The molecule has 0 saturated carbocycles. The lowest BCUT2D eigenvalue weighted by Crippen LogP contribution is -2.04. The van der Waals surface area contributed by atoms with E-state index in [4.69, 9.17) is 22.6 Å². The molecule has 2 aromatic rings. The van der Waals surface area contributed by atoms with Crippen LogP contribution in [0.2, 0.25) is 5.15 Å². The molecule has 0 fully saturated rings. The van der Waals surface area contributed by atoms with Gasteiger partial charge < -0.3 is 5.73 Å². The van der Waals surface area contributed by atoms with Gasteiger partial charge in [0.25, 0.3) is 0 Å². The highest BCUT2D eigenvalue weighted by molar-refractivity contribution is 6.30. The van der Waals surface area contributed by atoms with E-state index in [9.17, 15) is 0 Å². The molecule has 19 heavy (non-hydrogen) atoms. The molecular weight excluding hydrogens is 260 g/mol. The van der Waals surface area contributed by atoms with E-state index in [0.29, 0.717) is 17.1 Å². The van der Waals surface area contributed by atoms with Gasteiger partial charge in [-0.1, -0.05) is 17.7 Å². The Kier molecular flexibility index (Phi) is 3.68. The van der Waals surface area contributed by atoms with Crippen molar-refractivity contribution in [3.8, 4) is 6.07 Å². The lowest BCUT2D eigenvalue weighted by atomic mass is 9.99. The number of nitriles is 1. The van der Waals surface area contributed by atoms with Crippen LogP contribution in [0.1, 0.15) is 27.9 Å². The average molecular weight is 273 g/mol. The fourth-order valence-corrected chi connectivity index (χ4v) is 2.23. The van der Waals surface area contributed by atoms with Gasteiger partial charge in [-0.25, -0.2) is 9.97 Å². The summed E-state index contributed by atoms with van der Waals surface area (Å²) >= 11 is 6.11. The fraction of sp³-hybridized carbons (Fsp3) is 0.214. The number of benzene rings is 1. The second kappa shape index (κ2) is 5.25. The fourth-order valence-electron chi connectivity index (χ4n) is 1.94. The molecule has 2 N–H and O–H groups in total. The zero-order valence-corrected chi connectivity index (χ0v) is 11.5. The van der Waals surface area contributed by atoms with E-state index in [2.05, 4.69) is 16.0 Å². The number of halogens is 1. The smallest absolute Gasteiger partial charge is 0.221 e. The van der Waals surface area contributed by atoms with Gasteiger partial charge in [-0.05, 0) is 37.1 Å². The first kappa shape index (κ1) is 13.3. The predicted molar refractivity (Wildman–Crippen MR) is 74.9 cm³/mol. The summed E-state index contributed by atoms with van der Waals surface area (Å²) in [6.45, 7) is 3.83. The Morgan fingerprint density at radius 3 is 2.63 bits per heavy atom. The van der Waals surface area contributed by atoms with Crippen molar-refractivity contribution in [2.75, 3.05) is 5.73 Å². The van der Waals surface area contributed by atoms with Crippen LogP contribution >= 0.6 is 11.6 Å². The highest BCUT2D eigenvalue weighted by atomic mass is 35.5. The SMILES string of the molecule is Cc1cc(C#N)ccc1Cc1c(C)nc(N)nc1Cl. The molecule has 0 atom stereocenters. The van der Waals surface area contributed by atoms with Gasteiger partial charge in [0, 0.05) is 17.7 Å². The van der Waals surface area contributed by atoms with Gasteiger partial charge in [-0.3, -0.25) is 0 Å². The summed E-state index contributed by atoms with van der Waals surface area (Å²) < 4.78 is 0. The highest BCUT2D eigenvalue weighted by Gasteiger charge is 2.11. The summed E-state index contributed by atoms with van der Waals surface area (Å²) in [5.74, 6) is 0.183. The van der Waals surface area contributed by atoms with Crippen molar-refractivity contribution in [2.24, 2.45) is 0 Å². The van der Waals surface area contributed by atoms with E-state index in [-0.39, 0.29) is 5.95 Å². The van der Waals surface area contributed by atoms with Gasteiger partial charge in [-0.15, -0.1) is 0 Å². The minimum atomic E-state index is 0.183. The lowest BCUT2D eigenvalue weighted by Gasteiger charge is -2.10. The molecule has 0 bridgehead atoms. The molecule has 4 nitrogen and oxygen atoms in total. The van der Waals surface area contributed by atoms with Crippen molar-refractivity contribution in [1.82, 2.24) is 9.97 Å². The van der Waals surface area contributed by atoms with Crippen molar-refractivity contribution in [3.63, 3.8) is 0 Å². The Morgan fingerprint density at radius 1 is 1.32 bits per heavy atom. The van der Waals surface area contributed by atoms with Gasteiger partial charge in [0.2, 0.25) is 5.95 Å². The van der Waals surface area contributed by atoms with Gasteiger partial charge in [0.15, 0.2) is 0 Å². The van der Waals surface area contributed by atoms with E-state index in [1.165, 1.54) is 0 Å². The zero-order chi connectivity index (χ0) is 14.0. The first-order valence-electron chi connectivity index (χ1n) is 5.79. The maximum absolute atomic E-state index is 8.86. The maximum Gasteiger partial charge on any atom is 0.221 e. The first-order chi connectivity index (χ1) is 9.01. The molecule has 0 amide bonds. The van der Waals surface area contributed by atoms with Crippen LogP contribution in [0.4, 0.5) is 5.95 Å². The molecule has 96 valence electrons. The minimum absolute atomic E-state index is 0.183.